The monoisotopic (exact) mass is 236 g/mol. The summed E-state index contributed by atoms with van der Waals surface area (Å²) in [5, 5.41) is 10.7. The van der Waals surface area contributed by atoms with Crippen molar-refractivity contribution in [2.45, 2.75) is 6.10 Å². The normalized spacial score (nSPS) is 12.7. The number of fused-ring (bicyclic) bond motifs is 1. The number of aromatic nitrogens is 1. The Hall–Kier alpha value is -1.72. The molecule has 5 nitrogen and oxygen atoms in total. The van der Waals surface area contributed by atoms with Gasteiger partial charge in [-0.15, -0.1) is 0 Å². The number of nitrogens with two attached hydrogens (primary N) is 1. The molecule has 0 fully saturated rings. The molecule has 0 aliphatic carbocycles. The van der Waals surface area contributed by atoms with Gasteiger partial charge in [0.05, 0.1) is 25.8 Å². The number of hydrogen-bond donors (Lipinski definition) is 3. The molecule has 1 unspecified atom stereocenters. The van der Waals surface area contributed by atoms with Gasteiger partial charge in [0, 0.05) is 35.8 Å². The minimum atomic E-state index is -0.703. The molecule has 0 aliphatic rings. The van der Waals surface area contributed by atoms with Gasteiger partial charge >= 0.3 is 0 Å². The molecular formula is C12H16N2O3. The molecule has 0 aliphatic heterocycles. The fraction of sp³-hybridized carbons (Fsp3) is 0.333. The molecule has 0 spiro atoms. The lowest BCUT2D eigenvalue weighted by molar-refractivity contribution is 0.188. The van der Waals surface area contributed by atoms with Gasteiger partial charge in [-0.05, 0) is 0 Å². The van der Waals surface area contributed by atoms with E-state index in [2.05, 4.69) is 4.98 Å². The first-order valence-electron chi connectivity index (χ1n) is 5.32. The molecule has 1 heterocycles. The summed E-state index contributed by atoms with van der Waals surface area (Å²) < 4.78 is 10.5. The van der Waals surface area contributed by atoms with E-state index in [1.807, 2.05) is 6.07 Å². The third-order valence-corrected chi connectivity index (χ3v) is 2.79. The summed E-state index contributed by atoms with van der Waals surface area (Å²) in [6, 6.07) is 3.63. The van der Waals surface area contributed by atoms with Crippen LogP contribution in [0, 0.1) is 0 Å². The van der Waals surface area contributed by atoms with Gasteiger partial charge in [0.2, 0.25) is 0 Å². The van der Waals surface area contributed by atoms with Gasteiger partial charge in [-0.3, -0.25) is 0 Å². The maximum absolute atomic E-state index is 9.83. The van der Waals surface area contributed by atoms with Gasteiger partial charge in [0.1, 0.15) is 11.5 Å². The summed E-state index contributed by atoms with van der Waals surface area (Å²) >= 11 is 0. The van der Waals surface area contributed by atoms with Crippen LogP contribution in [0.1, 0.15) is 11.7 Å². The van der Waals surface area contributed by atoms with Crippen molar-refractivity contribution in [3.63, 3.8) is 0 Å². The first kappa shape index (κ1) is 11.8. The predicted octanol–water partition coefficient (Wildman–Crippen LogP) is 1.18. The van der Waals surface area contributed by atoms with Gasteiger partial charge in [0.25, 0.3) is 0 Å². The lowest BCUT2D eigenvalue weighted by Gasteiger charge is -2.10. The van der Waals surface area contributed by atoms with Crippen LogP contribution in [0.25, 0.3) is 10.9 Å². The van der Waals surface area contributed by atoms with E-state index in [0.29, 0.717) is 11.5 Å². The Morgan fingerprint density at radius 3 is 2.71 bits per heavy atom. The number of nitrogens with one attached hydrogen (secondary N) is 1. The van der Waals surface area contributed by atoms with E-state index in [4.69, 9.17) is 15.2 Å². The van der Waals surface area contributed by atoms with Crippen LogP contribution in [-0.2, 0) is 0 Å². The number of aliphatic hydroxyl groups is 1. The summed E-state index contributed by atoms with van der Waals surface area (Å²) in [7, 11) is 3.18. The number of aliphatic hydroxyl groups excluding tert-OH is 1. The first-order chi connectivity index (χ1) is 8.21. The van der Waals surface area contributed by atoms with Gasteiger partial charge in [-0.1, -0.05) is 0 Å². The second-order valence-electron chi connectivity index (χ2n) is 3.75. The Kier molecular flexibility index (Phi) is 3.21. The Balaban J connectivity index is 2.66. The maximum Gasteiger partial charge on any atom is 0.132 e. The average Bonchev–Trinajstić information content (AvgIpc) is 2.80. The van der Waals surface area contributed by atoms with Crippen LogP contribution < -0.4 is 15.2 Å². The fourth-order valence-corrected chi connectivity index (χ4v) is 1.90. The summed E-state index contributed by atoms with van der Waals surface area (Å²) in [5.41, 5.74) is 7.06. The molecule has 17 heavy (non-hydrogen) atoms. The molecule has 0 amide bonds. The predicted molar refractivity (Wildman–Crippen MR) is 65.4 cm³/mol. The standard InChI is InChI=1S/C12H16N2O3/c1-16-7-3-9-12(11(4-7)17-2)8(6-14-9)10(15)5-13/h3-4,6,10,14-15H,5,13H2,1-2H3. The minimum absolute atomic E-state index is 0.169. The second-order valence-corrected chi connectivity index (χ2v) is 3.75. The lowest BCUT2D eigenvalue weighted by Crippen LogP contribution is -2.11. The Bertz CT molecular complexity index is 522. The van der Waals surface area contributed by atoms with Crippen molar-refractivity contribution in [1.82, 2.24) is 4.98 Å². The molecule has 0 saturated heterocycles. The van der Waals surface area contributed by atoms with Crippen LogP contribution in [0.3, 0.4) is 0 Å². The Morgan fingerprint density at radius 2 is 2.12 bits per heavy atom. The molecular weight excluding hydrogens is 220 g/mol. The van der Waals surface area contributed by atoms with Crippen LogP contribution in [0.2, 0.25) is 0 Å². The summed E-state index contributed by atoms with van der Waals surface area (Å²) in [4.78, 5) is 3.08. The topological polar surface area (TPSA) is 80.5 Å². The minimum Gasteiger partial charge on any atom is -0.497 e. The van der Waals surface area contributed by atoms with Crippen molar-refractivity contribution in [1.29, 1.82) is 0 Å². The molecule has 0 bridgehead atoms. The highest BCUT2D eigenvalue weighted by Crippen LogP contribution is 2.35. The number of H-pyrrole nitrogens is 1. The Morgan fingerprint density at radius 1 is 1.35 bits per heavy atom. The molecule has 2 aromatic rings. The highest BCUT2D eigenvalue weighted by atomic mass is 16.5. The molecule has 2 rings (SSSR count). The maximum atomic E-state index is 9.83. The number of hydrogen-bond acceptors (Lipinski definition) is 4. The molecule has 4 N–H and O–H groups in total. The third-order valence-electron chi connectivity index (χ3n) is 2.79. The third kappa shape index (κ3) is 1.94. The number of ether oxygens (including phenoxy) is 2. The summed E-state index contributed by atoms with van der Waals surface area (Å²) in [6.07, 6.45) is 1.04. The quantitative estimate of drug-likeness (QED) is 0.744. The zero-order chi connectivity index (χ0) is 12.4. The number of methoxy groups -OCH3 is 2. The van der Waals surface area contributed by atoms with Gasteiger partial charge in [-0.2, -0.15) is 0 Å². The molecule has 1 aromatic heterocycles. The Labute approximate surface area is 99.1 Å². The number of benzene rings is 1. The van der Waals surface area contributed by atoms with Crippen LogP contribution in [-0.4, -0.2) is 30.9 Å². The van der Waals surface area contributed by atoms with Crippen molar-refractivity contribution in [2.24, 2.45) is 5.73 Å². The molecule has 92 valence electrons. The molecule has 1 aromatic carbocycles. The van der Waals surface area contributed by atoms with Crippen LogP contribution >= 0.6 is 0 Å². The zero-order valence-corrected chi connectivity index (χ0v) is 9.86. The van der Waals surface area contributed by atoms with Gasteiger partial charge in [-0.25, -0.2) is 0 Å². The smallest absolute Gasteiger partial charge is 0.132 e. The SMILES string of the molecule is COc1cc(OC)c2c(C(O)CN)c[nH]c2c1. The van der Waals surface area contributed by atoms with Crippen molar-refractivity contribution >= 4 is 10.9 Å². The van der Waals surface area contributed by atoms with E-state index in [1.54, 1.807) is 26.5 Å². The largest absolute Gasteiger partial charge is 0.497 e. The lowest BCUT2D eigenvalue weighted by atomic mass is 10.1. The van der Waals surface area contributed by atoms with Crippen molar-refractivity contribution in [2.75, 3.05) is 20.8 Å². The van der Waals surface area contributed by atoms with Gasteiger partial charge in [0.15, 0.2) is 0 Å². The summed E-state index contributed by atoms with van der Waals surface area (Å²) in [6.45, 7) is 0.169. The number of rotatable bonds is 4. The van der Waals surface area contributed by atoms with Gasteiger partial charge < -0.3 is 25.3 Å². The highest BCUT2D eigenvalue weighted by Gasteiger charge is 2.16. The zero-order valence-electron chi connectivity index (χ0n) is 9.86. The second kappa shape index (κ2) is 4.65. The highest BCUT2D eigenvalue weighted by molar-refractivity contribution is 5.91. The van der Waals surface area contributed by atoms with Crippen LogP contribution in [0.15, 0.2) is 18.3 Å². The van der Waals surface area contributed by atoms with E-state index in [1.165, 1.54) is 0 Å². The van der Waals surface area contributed by atoms with Crippen LogP contribution in [0.4, 0.5) is 0 Å². The van der Waals surface area contributed by atoms with E-state index < -0.39 is 6.10 Å². The van der Waals surface area contributed by atoms with Crippen molar-refractivity contribution in [3.8, 4) is 11.5 Å². The molecule has 1 atom stereocenters. The summed E-state index contributed by atoms with van der Waals surface area (Å²) in [5.74, 6) is 1.35. The van der Waals surface area contributed by atoms with E-state index in [9.17, 15) is 5.11 Å². The van der Waals surface area contributed by atoms with E-state index in [0.717, 1.165) is 16.5 Å². The van der Waals surface area contributed by atoms with Crippen molar-refractivity contribution < 1.29 is 14.6 Å². The average molecular weight is 236 g/mol. The van der Waals surface area contributed by atoms with E-state index in [-0.39, 0.29) is 6.54 Å². The molecule has 5 heteroatoms. The molecule has 0 saturated carbocycles. The van der Waals surface area contributed by atoms with Crippen molar-refractivity contribution in [3.05, 3.63) is 23.9 Å². The first-order valence-corrected chi connectivity index (χ1v) is 5.32. The van der Waals surface area contributed by atoms with Crippen LogP contribution in [0.5, 0.6) is 11.5 Å². The fourth-order valence-electron chi connectivity index (χ4n) is 1.90. The van der Waals surface area contributed by atoms with E-state index >= 15 is 0 Å². The number of aromatic amines is 1. The molecule has 0 radical (unpaired) electrons.